The molecule has 0 saturated carbocycles. The highest BCUT2D eigenvalue weighted by Gasteiger charge is 2.12. The van der Waals surface area contributed by atoms with E-state index in [4.69, 9.17) is 11.6 Å². The summed E-state index contributed by atoms with van der Waals surface area (Å²) in [5.74, 6) is -0.0394. The third-order valence-electron chi connectivity index (χ3n) is 2.45. The number of aryl methyl sites for hydroxylation is 3. The first kappa shape index (κ1) is 13.0. The number of hydrogen-bond acceptors (Lipinski definition) is 1. The number of rotatable bonds is 3. The molecule has 1 unspecified atom stereocenters. The van der Waals surface area contributed by atoms with E-state index in [1.165, 1.54) is 5.56 Å². The molecule has 3 heteroatoms. The van der Waals surface area contributed by atoms with Crippen molar-refractivity contribution in [3.05, 3.63) is 34.4 Å². The Morgan fingerprint density at radius 2 is 1.81 bits per heavy atom. The average Bonchev–Trinajstić information content (AvgIpc) is 2.12. The Morgan fingerprint density at radius 1 is 1.31 bits per heavy atom. The summed E-state index contributed by atoms with van der Waals surface area (Å²) in [5.41, 5.74) is 3.97. The molecular weight excluding hydrogens is 222 g/mol. The van der Waals surface area contributed by atoms with Crippen molar-refractivity contribution in [3.8, 4) is 0 Å². The number of carbonyl (C=O) groups is 1. The predicted octanol–water partition coefficient (Wildman–Crippen LogP) is 2.97. The molecule has 0 aliphatic heterocycles. The van der Waals surface area contributed by atoms with Crippen LogP contribution in [0.2, 0.25) is 0 Å². The van der Waals surface area contributed by atoms with Crippen molar-refractivity contribution in [2.45, 2.75) is 33.1 Å². The zero-order chi connectivity index (χ0) is 12.3. The minimum absolute atomic E-state index is 0.0394. The molecule has 1 atom stereocenters. The van der Waals surface area contributed by atoms with Crippen LogP contribution in [0.3, 0.4) is 0 Å². The van der Waals surface area contributed by atoms with Gasteiger partial charge in [-0.05, 0) is 38.8 Å². The van der Waals surface area contributed by atoms with Crippen molar-refractivity contribution in [1.29, 1.82) is 0 Å². The van der Waals surface area contributed by atoms with Crippen LogP contribution in [0.25, 0.3) is 0 Å². The van der Waals surface area contributed by atoms with E-state index in [1.807, 2.05) is 39.8 Å². The van der Waals surface area contributed by atoms with Crippen LogP contribution in [0.1, 0.15) is 34.0 Å². The second-order valence-corrected chi connectivity index (χ2v) is 5.01. The molecule has 0 aromatic heterocycles. The molecule has 0 aliphatic rings. The highest BCUT2D eigenvalue weighted by atomic mass is 35.5. The summed E-state index contributed by atoms with van der Waals surface area (Å²) in [4.78, 5) is 11.9. The van der Waals surface area contributed by atoms with Crippen LogP contribution < -0.4 is 5.32 Å². The van der Waals surface area contributed by atoms with Gasteiger partial charge < -0.3 is 5.32 Å². The largest absolute Gasteiger partial charge is 0.351 e. The second-order valence-electron chi connectivity index (χ2n) is 4.26. The average molecular weight is 240 g/mol. The maximum absolute atomic E-state index is 11.9. The lowest BCUT2D eigenvalue weighted by Gasteiger charge is -2.12. The zero-order valence-electron chi connectivity index (χ0n) is 10.2. The number of nitrogens with one attached hydrogen (secondary N) is 1. The fraction of sp³-hybridized carbons (Fsp3) is 0.462. The quantitative estimate of drug-likeness (QED) is 0.808. The highest BCUT2D eigenvalue weighted by molar-refractivity contribution is 6.20. The Hall–Kier alpha value is -1.02. The molecule has 0 spiro atoms. The lowest BCUT2D eigenvalue weighted by atomic mass is 9.99. The molecule has 0 radical (unpaired) electrons. The third-order valence-corrected chi connectivity index (χ3v) is 2.60. The van der Waals surface area contributed by atoms with Crippen LogP contribution in [0.5, 0.6) is 0 Å². The maximum Gasteiger partial charge on any atom is 0.251 e. The van der Waals surface area contributed by atoms with Gasteiger partial charge in [0.1, 0.15) is 0 Å². The minimum atomic E-state index is -0.0463. The molecule has 88 valence electrons. The van der Waals surface area contributed by atoms with E-state index in [-0.39, 0.29) is 11.3 Å². The van der Waals surface area contributed by atoms with Gasteiger partial charge in [-0.1, -0.05) is 17.7 Å². The van der Waals surface area contributed by atoms with Gasteiger partial charge in [-0.2, -0.15) is 0 Å². The molecule has 1 aromatic rings. The zero-order valence-corrected chi connectivity index (χ0v) is 11.0. The van der Waals surface area contributed by atoms with Crippen molar-refractivity contribution < 1.29 is 4.79 Å². The summed E-state index contributed by atoms with van der Waals surface area (Å²) in [5, 5.41) is 2.78. The Balaban J connectivity index is 2.91. The topological polar surface area (TPSA) is 29.1 Å². The fourth-order valence-corrected chi connectivity index (χ4v) is 1.94. The van der Waals surface area contributed by atoms with Crippen LogP contribution in [-0.4, -0.2) is 17.8 Å². The van der Waals surface area contributed by atoms with Crippen LogP contribution in [-0.2, 0) is 0 Å². The van der Waals surface area contributed by atoms with Gasteiger partial charge in [0.15, 0.2) is 0 Å². The van der Waals surface area contributed by atoms with Crippen LogP contribution in [0.4, 0.5) is 0 Å². The van der Waals surface area contributed by atoms with Gasteiger partial charge >= 0.3 is 0 Å². The number of amides is 1. The van der Waals surface area contributed by atoms with Crippen molar-refractivity contribution in [1.82, 2.24) is 5.32 Å². The SMILES string of the molecule is Cc1cc(C)c(C(=O)NCC(C)Cl)c(C)c1. The molecule has 0 fully saturated rings. The first-order valence-corrected chi connectivity index (χ1v) is 5.85. The van der Waals surface area contributed by atoms with Gasteiger partial charge in [-0.15, -0.1) is 11.6 Å². The lowest BCUT2D eigenvalue weighted by molar-refractivity contribution is 0.0952. The van der Waals surface area contributed by atoms with Crippen molar-refractivity contribution in [3.63, 3.8) is 0 Å². The van der Waals surface area contributed by atoms with E-state index in [0.717, 1.165) is 16.7 Å². The number of hydrogen-bond donors (Lipinski definition) is 1. The van der Waals surface area contributed by atoms with Crippen LogP contribution >= 0.6 is 11.6 Å². The molecular formula is C13H18ClNO. The summed E-state index contributed by atoms with van der Waals surface area (Å²) in [6.45, 7) is 8.30. The van der Waals surface area contributed by atoms with E-state index in [9.17, 15) is 4.79 Å². The molecule has 0 aliphatic carbocycles. The van der Waals surface area contributed by atoms with Crippen molar-refractivity contribution in [2.24, 2.45) is 0 Å². The molecule has 0 saturated heterocycles. The number of halogens is 1. The van der Waals surface area contributed by atoms with E-state index in [1.54, 1.807) is 0 Å². The van der Waals surface area contributed by atoms with Gasteiger partial charge in [-0.3, -0.25) is 4.79 Å². The summed E-state index contributed by atoms with van der Waals surface area (Å²) in [7, 11) is 0. The first-order chi connectivity index (χ1) is 7.41. The number of benzene rings is 1. The van der Waals surface area contributed by atoms with E-state index >= 15 is 0 Å². The van der Waals surface area contributed by atoms with Gasteiger partial charge in [0.05, 0.1) is 0 Å². The summed E-state index contributed by atoms with van der Waals surface area (Å²) < 4.78 is 0. The normalized spacial score (nSPS) is 12.3. The third kappa shape index (κ3) is 3.24. The van der Waals surface area contributed by atoms with Crippen LogP contribution in [0.15, 0.2) is 12.1 Å². The Morgan fingerprint density at radius 3 is 2.25 bits per heavy atom. The summed E-state index contributed by atoms with van der Waals surface area (Å²) >= 11 is 5.80. The van der Waals surface area contributed by atoms with Gasteiger partial charge in [-0.25, -0.2) is 0 Å². The molecule has 1 aromatic carbocycles. The van der Waals surface area contributed by atoms with E-state index < -0.39 is 0 Å². The molecule has 16 heavy (non-hydrogen) atoms. The molecule has 1 N–H and O–H groups in total. The predicted molar refractivity (Wildman–Crippen MR) is 68.3 cm³/mol. The Bertz CT molecular complexity index is 376. The van der Waals surface area contributed by atoms with Crippen LogP contribution in [0, 0.1) is 20.8 Å². The Labute approximate surface area is 102 Å². The second kappa shape index (κ2) is 5.35. The smallest absolute Gasteiger partial charge is 0.251 e. The summed E-state index contributed by atoms with van der Waals surface area (Å²) in [6, 6.07) is 4.04. The molecule has 0 heterocycles. The minimum Gasteiger partial charge on any atom is -0.351 e. The Kier molecular flexibility index (Phi) is 4.36. The molecule has 0 bridgehead atoms. The molecule has 1 amide bonds. The van der Waals surface area contributed by atoms with Gasteiger partial charge in [0.25, 0.3) is 5.91 Å². The lowest BCUT2D eigenvalue weighted by Crippen LogP contribution is -2.29. The van der Waals surface area contributed by atoms with Crippen molar-refractivity contribution in [2.75, 3.05) is 6.54 Å². The first-order valence-electron chi connectivity index (χ1n) is 5.42. The number of carbonyl (C=O) groups excluding carboxylic acids is 1. The summed E-state index contributed by atoms with van der Waals surface area (Å²) in [6.07, 6.45) is 0. The molecule has 1 rings (SSSR count). The van der Waals surface area contributed by atoms with E-state index in [2.05, 4.69) is 5.32 Å². The van der Waals surface area contributed by atoms with Crippen molar-refractivity contribution >= 4 is 17.5 Å². The standard InChI is InChI=1S/C13H18ClNO/c1-8-5-9(2)12(10(3)6-8)13(16)15-7-11(4)14/h5-6,11H,7H2,1-4H3,(H,15,16). The molecule has 2 nitrogen and oxygen atoms in total. The fourth-order valence-electron chi connectivity index (χ4n) is 1.86. The van der Waals surface area contributed by atoms with Gasteiger partial charge in [0.2, 0.25) is 0 Å². The van der Waals surface area contributed by atoms with Gasteiger partial charge in [0, 0.05) is 17.5 Å². The highest BCUT2D eigenvalue weighted by Crippen LogP contribution is 2.16. The number of alkyl halides is 1. The monoisotopic (exact) mass is 239 g/mol. The van der Waals surface area contributed by atoms with E-state index in [0.29, 0.717) is 6.54 Å². The maximum atomic E-state index is 11.9.